The van der Waals surface area contributed by atoms with Gasteiger partial charge in [-0.3, -0.25) is 4.79 Å². The number of amides is 1. The predicted molar refractivity (Wildman–Crippen MR) is 73.0 cm³/mol. The summed E-state index contributed by atoms with van der Waals surface area (Å²) in [6.07, 6.45) is 8.11. The van der Waals surface area contributed by atoms with Crippen LogP contribution >= 0.6 is 11.8 Å². The molecule has 1 saturated heterocycles. The van der Waals surface area contributed by atoms with Gasteiger partial charge in [0.25, 0.3) is 0 Å². The summed E-state index contributed by atoms with van der Waals surface area (Å²) in [7, 11) is 0. The van der Waals surface area contributed by atoms with Crippen molar-refractivity contribution in [2.24, 2.45) is 11.7 Å². The molecule has 0 spiro atoms. The van der Waals surface area contributed by atoms with E-state index in [0.717, 1.165) is 25.8 Å². The highest BCUT2D eigenvalue weighted by Gasteiger charge is 2.27. The van der Waals surface area contributed by atoms with Gasteiger partial charge in [0.2, 0.25) is 5.91 Å². The lowest BCUT2D eigenvalue weighted by Gasteiger charge is -2.21. The Morgan fingerprint density at radius 1 is 1.18 bits per heavy atom. The van der Waals surface area contributed by atoms with Crippen LogP contribution in [0.2, 0.25) is 0 Å². The average Bonchev–Trinajstić information content (AvgIpc) is 2.75. The molecular weight excluding hydrogens is 232 g/mol. The molecule has 0 radical (unpaired) electrons. The molecule has 2 aliphatic rings. The molecule has 1 amide bonds. The van der Waals surface area contributed by atoms with E-state index in [9.17, 15) is 4.79 Å². The minimum absolute atomic E-state index is 0.0592. The van der Waals surface area contributed by atoms with E-state index in [2.05, 4.69) is 5.32 Å². The number of carbonyl (C=O) groups excluding carboxylic acids is 1. The summed E-state index contributed by atoms with van der Waals surface area (Å²) in [4.78, 5) is 12.1. The number of hydrogen-bond donors (Lipinski definition) is 2. The van der Waals surface area contributed by atoms with Crippen LogP contribution in [0.5, 0.6) is 0 Å². The summed E-state index contributed by atoms with van der Waals surface area (Å²) >= 11 is 1.99. The molecule has 3 N–H and O–H groups in total. The van der Waals surface area contributed by atoms with E-state index in [1.807, 2.05) is 11.8 Å². The smallest absolute Gasteiger partial charge is 0.224 e. The monoisotopic (exact) mass is 256 g/mol. The Kier molecular flexibility index (Phi) is 5.16. The Labute approximate surface area is 108 Å². The third-order valence-corrected chi connectivity index (χ3v) is 5.33. The van der Waals surface area contributed by atoms with Crippen molar-refractivity contribution >= 4 is 17.7 Å². The van der Waals surface area contributed by atoms with Crippen molar-refractivity contribution in [3.05, 3.63) is 0 Å². The molecule has 98 valence electrons. The van der Waals surface area contributed by atoms with Crippen molar-refractivity contribution in [1.29, 1.82) is 0 Å². The molecule has 0 aromatic heterocycles. The predicted octanol–water partition coefficient (Wildman–Crippen LogP) is 1.91. The van der Waals surface area contributed by atoms with Crippen molar-refractivity contribution in [3.63, 3.8) is 0 Å². The van der Waals surface area contributed by atoms with Gasteiger partial charge >= 0.3 is 0 Å². The summed E-state index contributed by atoms with van der Waals surface area (Å²) in [6, 6.07) is 0.0775. The van der Waals surface area contributed by atoms with Crippen molar-refractivity contribution in [2.75, 3.05) is 12.3 Å². The summed E-state index contributed by atoms with van der Waals surface area (Å²) < 4.78 is 0. The lowest BCUT2D eigenvalue weighted by molar-refractivity contribution is -0.125. The van der Waals surface area contributed by atoms with E-state index >= 15 is 0 Å². The zero-order chi connectivity index (χ0) is 12.1. The molecule has 1 aliphatic carbocycles. The van der Waals surface area contributed by atoms with Crippen LogP contribution < -0.4 is 11.1 Å². The average molecular weight is 256 g/mol. The molecule has 3 nitrogen and oxygen atoms in total. The summed E-state index contributed by atoms with van der Waals surface area (Å²) in [6.45, 7) is 0.840. The lowest BCUT2D eigenvalue weighted by atomic mass is 9.94. The Balaban J connectivity index is 1.76. The van der Waals surface area contributed by atoms with Crippen LogP contribution in [0, 0.1) is 5.92 Å². The largest absolute Gasteiger partial charge is 0.355 e. The van der Waals surface area contributed by atoms with Crippen molar-refractivity contribution < 1.29 is 4.79 Å². The summed E-state index contributed by atoms with van der Waals surface area (Å²) in [5.41, 5.74) is 6.10. The fraction of sp³-hybridized carbons (Fsp3) is 0.923. The van der Waals surface area contributed by atoms with Crippen LogP contribution in [0.3, 0.4) is 0 Å². The highest BCUT2D eigenvalue weighted by molar-refractivity contribution is 8.00. The Bertz CT molecular complexity index is 254. The quantitative estimate of drug-likeness (QED) is 0.758. The molecule has 3 atom stereocenters. The standard InChI is InChI=1S/C13H24N2OS/c14-12-7-3-1-2-6-11(12)13(16)15-9-10-5-4-8-17-10/h10-12H,1-9,14H2,(H,15,16). The van der Waals surface area contributed by atoms with E-state index in [1.165, 1.54) is 31.4 Å². The normalized spacial score (nSPS) is 34.3. The van der Waals surface area contributed by atoms with Gasteiger partial charge < -0.3 is 11.1 Å². The van der Waals surface area contributed by atoms with Gasteiger partial charge in [0.1, 0.15) is 0 Å². The fourth-order valence-corrected chi connectivity index (χ4v) is 4.01. The van der Waals surface area contributed by atoms with E-state index in [-0.39, 0.29) is 17.9 Å². The number of hydrogen-bond acceptors (Lipinski definition) is 3. The van der Waals surface area contributed by atoms with Gasteiger partial charge in [-0.2, -0.15) is 11.8 Å². The highest BCUT2D eigenvalue weighted by atomic mass is 32.2. The van der Waals surface area contributed by atoms with Gasteiger partial charge in [-0.15, -0.1) is 0 Å². The van der Waals surface area contributed by atoms with E-state index < -0.39 is 0 Å². The molecule has 1 aliphatic heterocycles. The highest BCUT2D eigenvalue weighted by Crippen LogP contribution is 2.26. The molecule has 1 heterocycles. The van der Waals surface area contributed by atoms with Crippen LogP contribution in [0.1, 0.15) is 44.9 Å². The van der Waals surface area contributed by atoms with Crippen LogP contribution in [0.4, 0.5) is 0 Å². The zero-order valence-corrected chi connectivity index (χ0v) is 11.3. The van der Waals surface area contributed by atoms with Crippen molar-refractivity contribution in [3.8, 4) is 0 Å². The maximum atomic E-state index is 12.1. The van der Waals surface area contributed by atoms with Crippen molar-refractivity contribution in [2.45, 2.75) is 56.2 Å². The molecule has 3 unspecified atom stereocenters. The maximum Gasteiger partial charge on any atom is 0.224 e. The third kappa shape index (κ3) is 3.88. The molecule has 4 heteroatoms. The third-order valence-electron chi connectivity index (χ3n) is 3.93. The molecule has 0 aromatic carbocycles. The minimum atomic E-state index is 0.0592. The van der Waals surface area contributed by atoms with Crippen LogP contribution in [0.25, 0.3) is 0 Å². The second-order valence-corrected chi connectivity index (χ2v) is 6.70. The summed E-state index contributed by atoms with van der Waals surface area (Å²) in [5, 5.41) is 3.75. The number of thioether (sulfide) groups is 1. The van der Waals surface area contributed by atoms with Gasteiger partial charge in [0, 0.05) is 17.8 Å². The van der Waals surface area contributed by atoms with Gasteiger partial charge in [0.05, 0.1) is 5.92 Å². The van der Waals surface area contributed by atoms with Gasteiger partial charge in [-0.25, -0.2) is 0 Å². The van der Waals surface area contributed by atoms with E-state index in [4.69, 9.17) is 5.73 Å². The van der Waals surface area contributed by atoms with Crippen LogP contribution in [-0.2, 0) is 4.79 Å². The second-order valence-electron chi connectivity index (χ2n) is 5.29. The first-order valence-corrected chi connectivity index (χ1v) is 7.97. The number of nitrogens with one attached hydrogen (secondary N) is 1. The maximum absolute atomic E-state index is 12.1. The number of rotatable bonds is 3. The van der Waals surface area contributed by atoms with Gasteiger partial charge in [-0.1, -0.05) is 19.3 Å². The Hall–Kier alpha value is -0.220. The topological polar surface area (TPSA) is 55.1 Å². The first kappa shape index (κ1) is 13.2. The fourth-order valence-electron chi connectivity index (χ4n) is 2.81. The van der Waals surface area contributed by atoms with Gasteiger partial charge in [0.15, 0.2) is 0 Å². The molecule has 17 heavy (non-hydrogen) atoms. The van der Waals surface area contributed by atoms with Gasteiger partial charge in [-0.05, 0) is 31.4 Å². The first-order chi connectivity index (χ1) is 8.27. The SMILES string of the molecule is NC1CCCCCC1C(=O)NCC1CCCS1. The van der Waals surface area contributed by atoms with E-state index in [0.29, 0.717) is 5.25 Å². The van der Waals surface area contributed by atoms with Crippen LogP contribution in [0.15, 0.2) is 0 Å². The molecule has 0 aromatic rings. The lowest BCUT2D eigenvalue weighted by Crippen LogP contribution is -2.42. The molecule has 1 saturated carbocycles. The zero-order valence-electron chi connectivity index (χ0n) is 10.5. The second kappa shape index (κ2) is 6.64. The number of nitrogens with two attached hydrogens (primary N) is 1. The van der Waals surface area contributed by atoms with Crippen LogP contribution in [-0.4, -0.2) is 29.5 Å². The Morgan fingerprint density at radius 3 is 2.76 bits per heavy atom. The molecular formula is C13H24N2OS. The summed E-state index contributed by atoms with van der Waals surface area (Å²) in [5.74, 6) is 1.51. The van der Waals surface area contributed by atoms with E-state index in [1.54, 1.807) is 0 Å². The molecule has 0 bridgehead atoms. The number of carbonyl (C=O) groups is 1. The first-order valence-electron chi connectivity index (χ1n) is 6.92. The molecule has 2 fully saturated rings. The van der Waals surface area contributed by atoms with Crippen molar-refractivity contribution in [1.82, 2.24) is 5.32 Å². The molecule has 2 rings (SSSR count). The minimum Gasteiger partial charge on any atom is -0.355 e. The Morgan fingerprint density at radius 2 is 2.00 bits per heavy atom.